The van der Waals surface area contributed by atoms with Gasteiger partial charge in [0.1, 0.15) is 21.5 Å². The summed E-state index contributed by atoms with van der Waals surface area (Å²) in [5, 5.41) is 0.991. The molecule has 112 valence electrons. The zero-order valence-electron chi connectivity index (χ0n) is 12.1. The van der Waals surface area contributed by atoms with Gasteiger partial charge in [-0.1, -0.05) is 41.7 Å². The fourth-order valence-corrected chi connectivity index (χ4v) is 3.74. The van der Waals surface area contributed by atoms with Crippen molar-refractivity contribution in [3.63, 3.8) is 0 Å². The summed E-state index contributed by atoms with van der Waals surface area (Å²) < 4.78 is 13.3. The van der Waals surface area contributed by atoms with Gasteiger partial charge < -0.3 is 0 Å². The number of nitrogens with zero attached hydrogens (tertiary/aromatic N) is 3. The van der Waals surface area contributed by atoms with E-state index in [-0.39, 0.29) is 0 Å². The van der Waals surface area contributed by atoms with Gasteiger partial charge in [-0.05, 0) is 18.1 Å². The molecule has 22 heavy (non-hydrogen) atoms. The van der Waals surface area contributed by atoms with Gasteiger partial charge in [0.2, 0.25) is 0 Å². The summed E-state index contributed by atoms with van der Waals surface area (Å²) in [5.74, 6) is 0. The van der Waals surface area contributed by atoms with Crippen molar-refractivity contribution >= 4 is 21.7 Å². The molecule has 0 bridgehead atoms. The van der Waals surface area contributed by atoms with Crippen molar-refractivity contribution in [2.45, 2.75) is 19.1 Å². The summed E-state index contributed by atoms with van der Waals surface area (Å²) in [6.45, 7) is 2.11. The first-order valence-electron chi connectivity index (χ1n) is 7.45. The number of pyridine rings is 1. The second-order valence-electron chi connectivity index (χ2n) is 5.67. The van der Waals surface area contributed by atoms with E-state index in [0.29, 0.717) is 13.0 Å². The van der Waals surface area contributed by atoms with Crippen LogP contribution in [0.1, 0.15) is 12.0 Å². The molecule has 0 spiro atoms. The van der Waals surface area contributed by atoms with Crippen LogP contribution in [0.25, 0.3) is 20.9 Å². The molecule has 3 heterocycles. The summed E-state index contributed by atoms with van der Waals surface area (Å²) in [5.41, 5.74) is 3.15. The Morgan fingerprint density at radius 1 is 1.27 bits per heavy atom. The molecule has 2 aromatic heterocycles. The van der Waals surface area contributed by atoms with E-state index >= 15 is 0 Å². The number of hydrogen-bond acceptors (Lipinski definition) is 4. The van der Waals surface area contributed by atoms with Gasteiger partial charge in [0.25, 0.3) is 0 Å². The molecule has 1 aliphatic heterocycles. The molecule has 5 heteroatoms. The molecule has 0 N–H and O–H groups in total. The predicted molar refractivity (Wildman–Crippen MR) is 87.6 cm³/mol. The third-order valence-electron chi connectivity index (χ3n) is 3.95. The molecule has 1 atom stereocenters. The molecule has 0 saturated carbocycles. The molecule has 1 fully saturated rings. The van der Waals surface area contributed by atoms with Gasteiger partial charge in [0, 0.05) is 31.4 Å². The van der Waals surface area contributed by atoms with Crippen LogP contribution < -0.4 is 0 Å². The fourth-order valence-electron chi connectivity index (χ4n) is 2.84. The highest BCUT2D eigenvalue weighted by Gasteiger charge is 2.21. The molecule has 1 saturated heterocycles. The van der Waals surface area contributed by atoms with Crippen LogP contribution >= 0.6 is 11.3 Å². The smallest absolute Gasteiger partial charge is 0.143 e. The quantitative estimate of drug-likeness (QED) is 0.734. The van der Waals surface area contributed by atoms with E-state index in [4.69, 9.17) is 4.98 Å². The Balaban J connectivity index is 1.61. The van der Waals surface area contributed by atoms with Crippen molar-refractivity contribution in [1.82, 2.24) is 14.9 Å². The van der Waals surface area contributed by atoms with Crippen LogP contribution in [0.5, 0.6) is 0 Å². The molecule has 0 amide bonds. The average Bonchev–Trinajstić information content (AvgIpc) is 3.14. The van der Waals surface area contributed by atoms with Gasteiger partial charge in [-0.25, -0.2) is 14.4 Å². The summed E-state index contributed by atoms with van der Waals surface area (Å²) in [6.07, 6.45) is 1.85. The maximum Gasteiger partial charge on any atom is 0.143 e. The van der Waals surface area contributed by atoms with Gasteiger partial charge in [-0.2, -0.15) is 0 Å². The van der Waals surface area contributed by atoms with E-state index in [1.807, 2.05) is 24.4 Å². The van der Waals surface area contributed by atoms with E-state index in [0.717, 1.165) is 39.6 Å². The first-order valence-corrected chi connectivity index (χ1v) is 8.27. The van der Waals surface area contributed by atoms with E-state index in [1.54, 1.807) is 11.3 Å². The van der Waals surface area contributed by atoms with Gasteiger partial charge in [-0.15, -0.1) is 0 Å². The largest absolute Gasteiger partial charge is 0.296 e. The van der Waals surface area contributed by atoms with E-state index < -0.39 is 6.17 Å². The minimum absolute atomic E-state index is 0.532. The molecule has 4 rings (SSSR count). The Bertz CT molecular complexity index is 787. The Labute approximate surface area is 132 Å². The number of alkyl halides is 1. The average molecular weight is 313 g/mol. The lowest BCUT2D eigenvalue weighted by molar-refractivity contribution is 0.282. The molecule has 1 aliphatic rings. The lowest BCUT2D eigenvalue weighted by Gasteiger charge is -2.13. The summed E-state index contributed by atoms with van der Waals surface area (Å²) in [6, 6.07) is 12.2. The molecule has 0 radical (unpaired) electrons. The highest BCUT2D eigenvalue weighted by Crippen LogP contribution is 2.29. The number of likely N-dealkylation sites (tertiary alicyclic amines) is 1. The van der Waals surface area contributed by atoms with Gasteiger partial charge >= 0.3 is 0 Å². The maximum absolute atomic E-state index is 13.3. The third kappa shape index (κ3) is 2.74. The molecule has 3 nitrogen and oxygen atoms in total. The zero-order valence-corrected chi connectivity index (χ0v) is 12.9. The number of thiazole rings is 1. The third-order valence-corrected chi connectivity index (χ3v) is 4.97. The molecular formula is C17H16FN3S. The predicted octanol–water partition coefficient (Wildman–Crippen LogP) is 3.90. The van der Waals surface area contributed by atoms with Crippen LogP contribution in [0, 0.1) is 0 Å². The van der Waals surface area contributed by atoms with Crippen LogP contribution in [-0.4, -0.2) is 34.1 Å². The van der Waals surface area contributed by atoms with Crippen molar-refractivity contribution < 1.29 is 4.39 Å². The van der Waals surface area contributed by atoms with Crippen molar-refractivity contribution in [3.8, 4) is 10.6 Å². The molecule has 0 unspecified atom stereocenters. The lowest BCUT2D eigenvalue weighted by atomic mass is 10.2. The Morgan fingerprint density at radius 2 is 2.14 bits per heavy atom. The van der Waals surface area contributed by atoms with Crippen molar-refractivity contribution in [1.29, 1.82) is 0 Å². The van der Waals surface area contributed by atoms with Crippen LogP contribution in [0.2, 0.25) is 0 Å². The Kier molecular flexibility index (Phi) is 3.60. The molecular weight excluding hydrogens is 297 g/mol. The molecule has 0 aliphatic carbocycles. The van der Waals surface area contributed by atoms with Crippen molar-refractivity contribution in [3.05, 3.63) is 48.2 Å². The maximum atomic E-state index is 13.3. The summed E-state index contributed by atoms with van der Waals surface area (Å²) >= 11 is 1.61. The second-order valence-corrected chi connectivity index (χ2v) is 6.65. The summed E-state index contributed by atoms with van der Waals surface area (Å²) in [7, 11) is 0. The first-order chi connectivity index (χ1) is 10.8. The normalized spacial score (nSPS) is 19.0. The second kappa shape index (κ2) is 5.74. The number of hydrogen-bond donors (Lipinski definition) is 0. The Hall–Kier alpha value is -1.85. The first kappa shape index (κ1) is 13.8. The minimum Gasteiger partial charge on any atom is -0.296 e. The standard InChI is InChI=1S/C17H16FN3S/c18-14-6-7-21(11-14)10-12-8-15-17(19-9-12)22-16(20-15)13-4-2-1-3-5-13/h1-5,8-9,14H,6-7,10-11H2/t14-/m1/s1. The van der Waals surface area contributed by atoms with E-state index in [1.165, 1.54) is 0 Å². The number of fused-ring (bicyclic) bond motifs is 1. The number of rotatable bonds is 3. The van der Waals surface area contributed by atoms with E-state index in [9.17, 15) is 4.39 Å². The zero-order chi connectivity index (χ0) is 14.9. The molecule has 1 aromatic carbocycles. The fraction of sp³-hybridized carbons (Fsp3) is 0.294. The number of benzene rings is 1. The lowest BCUT2D eigenvalue weighted by Crippen LogP contribution is -2.20. The number of halogens is 1. The van der Waals surface area contributed by atoms with Crippen LogP contribution in [-0.2, 0) is 6.54 Å². The summed E-state index contributed by atoms with van der Waals surface area (Å²) in [4.78, 5) is 12.3. The topological polar surface area (TPSA) is 29.0 Å². The van der Waals surface area contributed by atoms with Crippen molar-refractivity contribution in [2.24, 2.45) is 0 Å². The van der Waals surface area contributed by atoms with E-state index in [2.05, 4.69) is 28.1 Å². The highest BCUT2D eigenvalue weighted by molar-refractivity contribution is 7.21. The van der Waals surface area contributed by atoms with Gasteiger partial charge in [0.05, 0.1) is 0 Å². The monoisotopic (exact) mass is 313 g/mol. The van der Waals surface area contributed by atoms with Gasteiger partial charge in [0.15, 0.2) is 0 Å². The Morgan fingerprint density at radius 3 is 2.91 bits per heavy atom. The van der Waals surface area contributed by atoms with Crippen LogP contribution in [0.3, 0.4) is 0 Å². The highest BCUT2D eigenvalue weighted by atomic mass is 32.1. The van der Waals surface area contributed by atoms with Crippen molar-refractivity contribution in [2.75, 3.05) is 13.1 Å². The van der Waals surface area contributed by atoms with Crippen LogP contribution in [0.15, 0.2) is 42.6 Å². The van der Waals surface area contributed by atoms with Gasteiger partial charge in [-0.3, -0.25) is 4.90 Å². The SMILES string of the molecule is F[C@@H]1CCN(Cc2cnc3sc(-c4ccccc4)nc3c2)C1. The van der Waals surface area contributed by atoms with Crippen LogP contribution in [0.4, 0.5) is 4.39 Å². The molecule has 3 aromatic rings. The minimum atomic E-state index is -0.680. The number of aromatic nitrogens is 2.